The van der Waals surface area contributed by atoms with E-state index in [-0.39, 0.29) is 5.91 Å². The molecule has 206 valence electrons. The zero-order valence-corrected chi connectivity index (χ0v) is 23.4. The van der Waals surface area contributed by atoms with Gasteiger partial charge in [0.2, 0.25) is 5.91 Å². The Morgan fingerprint density at radius 3 is 2.36 bits per heavy atom. The largest absolute Gasteiger partial charge is 0.495 e. The number of amides is 1. The van der Waals surface area contributed by atoms with Crippen molar-refractivity contribution in [3.8, 4) is 5.75 Å². The molecule has 0 aliphatic carbocycles. The highest BCUT2D eigenvalue weighted by molar-refractivity contribution is 5.90. The molecule has 0 radical (unpaired) electrons. The van der Waals surface area contributed by atoms with Crippen molar-refractivity contribution < 1.29 is 9.53 Å². The first kappa shape index (κ1) is 27.2. The fourth-order valence-electron chi connectivity index (χ4n) is 6.21. The maximum Gasteiger partial charge on any atom is 0.224 e. The van der Waals surface area contributed by atoms with E-state index in [1.165, 1.54) is 16.8 Å². The topological polar surface area (TPSA) is 48.1 Å². The highest BCUT2D eigenvalue weighted by Gasteiger charge is 2.35. The van der Waals surface area contributed by atoms with Gasteiger partial charge in [0.25, 0.3) is 0 Å². The first-order chi connectivity index (χ1) is 19.1. The monoisotopic (exact) mass is 526 g/mol. The standard InChI is InChI=1S/C33H42N4O2/c1-26-12-15-29(16-13-26)34-33(38)17-14-28-25-35(24-27-8-4-3-5-9-27)19-18-30(28)36-20-22-37(23-21-36)31-10-6-7-11-32(31)39-2/h3-13,15-16,28,30H,14,17-25H2,1-2H3,(H,34,38)/t28-,30+/m1/s1. The number of nitrogens with zero attached hydrogens (tertiary/aromatic N) is 3. The summed E-state index contributed by atoms with van der Waals surface area (Å²) in [5.74, 6) is 1.51. The number of rotatable bonds is 9. The highest BCUT2D eigenvalue weighted by Crippen LogP contribution is 2.32. The lowest BCUT2D eigenvalue weighted by molar-refractivity contribution is -0.116. The third-order valence-corrected chi connectivity index (χ3v) is 8.31. The number of carbonyl (C=O) groups is 1. The maximum absolute atomic E-state index is 12.9. The van der Waals surface area contributed by atoms with Crippen LogP contribution in [0.3, 0.4) is 0 Å². The van der Waals surface area contributed by atoms with Crippen LogP contribution in [0.25, 0.3) is 0 Å². The van der Waals surface area contributed by atoms with E-state index in [0.29, 0.717) is 18.4 Å². The van der Waals surface area contributed by atoms with Gasteiger partial charge < -0.3 is 15.0 Å². The molecule has 0 aromatic heterocycles. The van der Waals surface area contributed by atoms with Crippen molar-refractivity contribution in [1.29, 1.82) is 0 Å². The van der Waals surface area contributed by atoms with Crippen molar-refractivity contribution >= 4 is 17.3 Å². The molecule has 1 amide bonds. The fraction of sp³-hybridized carbons (Fsp3) is 0.424. The second kappa shape index (κ2) is 13.1. The van der Waals surface area contributed by atoms with Crippen LogP contribution in [-0.4, -0.2) is 68.1 Å². The van der Waals surface area contributed by atoms with Gasteiger partial charge in [-0.3, -0.25) is 14.6 Å². The molecule has 2 aliphatic rings. The number of likely N-dealkylation sites (tertiary alicyclic amines) is 1. The van der Waals surface area contributed by atoms with Crippen molar-refractivity contribution in [1.82, 2.24) is 9.80 Å². The Labute approximate surface area is 233 Å². The molecule has 5 rings (SSSR count). The van der Waals surface area contributed by atoms with Crippen LogP contribution in [0.4, 0.5) is 11.4 Å². The number of hydrogen-bond donors (Lipinski definition) is 1. The van der Waals surface area contributed by atoms with Crippen LogP contribution in [0.15, 0.2) is 78.9 Å². The predicted molar refractivity (Wildman–Crippen MR) is 159 cm³/mol. The molecule has 2 aliphatic heterocycles. The normalized spacial score (nSPS) is 20.5. The quantitative estimate of drug-likeness (QED) is 0.403. The summed E-state index contributed by atoms with van der Waals surface area (Å²) < 4.78 is 5.62. The Hall–Kier alpha value is -3.35. The number of para-hydroxylation sites is 2. The lowest BCUT2D eigenvalue weighted by Gasteiger charge is -2.47. The van der Waals surface area contributed by atoms with Crippen LogP contribution in [-0.2, 0) is 11.3 Å². The van der Waals surface area contributed by atoms with Crippen LogP contribution in [0.1, 0.15) is 30.4 Å². The average molecular weight is 527 g/mol. The van der Waals surface area contributed by atoms with E-state index in [1.807, 2.05) is 36.4 Å². The minimum Gasteiger partial charge on any atom is -0.495 e. The summed E-state index contributed by atoms with van der Waals surface area (Å²) in [6.07, 6.45) is 2.60. The number of piperazine rings is 1. The summed E-state index contributed by atoms with van der Waals surface area (Å²) in [6, 6.07) is 27.6. The molecular weight excluding hydrogens is 484 g/mol. The van der Waals surface area contributed by atoms with Crippen LogP contribution in [0.5, 0.6) is 5.75 Å². The van der Waals surface area contributed by atoms with Crippen LogP contribution < -0.4 is 15.0 Å². The van der Waals surface area contributed by atoms with Gasteiger partial charge in [0.15, 0.2) is 0 Å². The molecule has 0 unspecified atom stereocenters. The highest BCUT2D eigenvalue weighted by atomic mass is 16.5. The molecule has 0 bridgehead atoms. The number of ether oxygens (including phenoxy) is 1. The molecule has 3 aromatic rings. The number of benzene rings is 3. The van der Waals surface area contributed by atoms with Gasteiger partial charge in [-0.1, -0.05) is 60.2 Å². The summed E-state index contributed by atoms with van der Waals surface area (Å²) >= 11 is 0. The van der Waals surface area contributed by atoms with Crippen molar-refractivity contribution in [2.75, 3.05) is 56.6 Å². The van der Waals surface area contributed by atoms with Gasteiger partial charge in [-0.05, 0) is 62.1 Å². The van der Waals surface area contributed by atoms with Crippen LogP contribution in [0, 0.1) is 12.8 Å². The average Bonchev–Trinajstić information content (AvgIpc) is 2.98. The van der Waals surface area contributed by atoms with Gasteiger partial charge >= 0.3 is 0 Å². The molecule has 6 heteroatoms. The summed E-state index contributed by atoms with van der Waals surface area (Å²) in [6.45, 7) is 9.22. The Bertz CT molecular complexity index is 1190. The van der Waals surface area contributed by atoms with Crippen molar-refractivity contribution in [2.24, 2.45) is 5.92 Å². The van der Waals surface area contributed by atoms with Gasteiger partial charge in [-0.25, -0.2) is 0 Å². The van der Waals surface area contributed by atoms with E-state index >= 15 is 0 Å². The molecule has 3 aromatic carbocycles. The first-order valence-electron chi connectivity index (χ1n) is 14.3. The predicted octanol–water partition coefficient (Wildman–Crippen LogP) is 5.44. The number of methoxy groups -OCH3 is 1. The molecule has 39 heavy (non-hydrogen) atoms. The van der Waals surface area contributed by atoms with E-state index in [9.17, 15) is 4.79 Å². The van der Waals surface area contributed by atoms with Gasteiger partial charge in [-0.2, -0.15) is 0 Å². The number of carbonyl (C=O) groups excluding carboxylic acids is 1. The summed E-state index contributed by atoms with van der Waals surface area (Å²) in [4.78, 5) is 20.6. The Balaban J connectivity index is 1.22. The molecule has 6 nitrogen and oxygen atoms in total. The smallest absolute Gasteiger partial charge is 0.224 e. The number of anilines is 2. The number of nitrogens with one attached hydrogen (secondary N) is 1. The molecule has 2 saturated heterocycles. The number of piperidine rings is 1. The van der Waals surface area contributed by atoms with Gasteiger partial charge in [0.05, 0.1) is 12.8 Å². The minimum atomic E-state index is 0.110. The Morgan fingerprint density at radius 1 is 0.897 bits per heavy atom. The van der Waals surface area contributed by atoms with E-state index in [2.05, 4.69) is 69.4 Å². The van der Waals surface area contributed by atoms with Crippen LogP contribution >= 0.6 is 0 Å². The van der Waals surface area contributed by atoms with Gasteiger partial charge in [0, 0.05) is 57.4 Å². The third kappa shape index (κ3) is 7.20. The maximum atomic E-state index is 12.9. The fourth-order valence-corrected chi connectivity index (χ4v) is 6.21. The molecule has 2 heterocycles. The van der Waals surface area contributed by atoms with Gasteiger partial charge in [0.1, 0.15) is 5.75 Å². The molecule has 0 saturated carbocycles. The molecule has 2 atom stereocenters. The van der Waals surface area contributed by atoms with E-state index in [1.54, 1.807) is 7.11 Å². The second-order valence-corrected chi connectivity index (χ2v) is 11.0. The second-order valence-electron chi connectivity index (χ2n) is 11.0. The zero-order valence-electron chi connectivity index (χ0n) is 23.4. The Kier molecular flexibility index (Phi) is 9.17. The molecule has 2 fully saturated rings. The Morgan fingerprint density at radius 2 is 1.62 bits per heavy atom. The minimum absolute atomic E-state index is 0.110. The van der Waals surface area contributed by atoms with E-state index < -0.39 is 0 Å². The lowest BCUT2D eigenvalue weighted by atomic mass is 9.86. The van der Waals surface area contributed by atoms with Crippen LogP contribution in [0.2, 0.25) is 0 Å². The molecule has 1 N–H and O–H groups in total. The summed E-state index contributed by atoms with van der Waals surface area (Å²) in [5.41, 5.74) is 4.62. The van der Waals surface area contributed by atoms with Crippen molar-refractivity contribution in [3.05, 3.63) is 90.0 Å². The molecule has 0 spiro atoms. The van der Waals surface area contributed by atoms with Crippen molar-refractivity contribution in [2.45, 2.75) is 38.8 Å². The van der Waals surface area contributed by atoms with Gasteiger partial charge in [-0.15, -0.1) is 0 Å². The SMILES string of the molecule is COc1ccccc1N1CCN([C@H]2CCN(Cc3ccccc3)C[C@H]2CCC(=O)Nc2ccc(C)cc2)CC1. The lowest BCUT2D eigenvalue weighted by Crippen LogP contribution is -2.56. The first-order valence-corrected chi connectivity index (χ1v) is 14.3. The van der Waals surface area contributed by atoms with E-state index in [0.717, 1.165) is 70.1 Å². The third-order valence-electron chi connectivity index (χ3n) is 8.31. The summed E-state index contributed by atoms with van der Waals surface area (Å²) in [7, 11) is 1.75. The summed E-state index contributed by atoms with van der Waals surface area (Å²) in [5, 5.41) is 3.10. The zero-order chi connectivity index (χ0) is 27.0. The van der Waals surface area contributed by atoms with E-state index in [4.69, 9.17) is 4.74 Å². The molecular formula is C33H42N4O2. The van der Waals surface area contributed by atoms with Crippen molar-refractivity contribution in [3.63, 3.8) is 0 Å². The number of hydrogen-bond acceptors (Lipinski definition) is 5. The number of aryl methyl sites for hydroxylation is 1.